The number of anilines is 2. The van der Waals surface area contributed by atoms with Gasteiger partial charge in [-0.1, -0.05) is 0 Å². The van der Waals surface area contributed by atoms with Crippen molar-refractivity contribution in [2.24, 2.45) is 0 Å². The van der Waals surface area contributed by atoms with E-state index in [-0.39, 0.29) is 14.7 Å². The molecule has 202 valence electrons. The maximum atomic E-state index is 14.5. The normalized spacial score (nSPS) is 11.6. The first kappa shape index (κ1) is 29.1. The molecule has 0 radical (unpaired) electrons. The average molecular weight is 702 g/mol. The number of ether oxygens (including phenoxy) is 1. The Hall–Kier alpha value is -3.42. The minimum Gasteiger partial charge on any atom is -0.495 e. The lowest BCUT2D eigenvalue weighted by Gasteiger charge is -2.15. The lowest BCUT2D eigenvalue weighted by atomic mass is 10.3. The summed E-state index contributed by atoms with van der Waals surface area (Å²) in [4.78, 5) is 18.5. The van der Waals surface area contributed by atoms with Crippen molar-refractivity contribution in [2.45, 2.75) is 9.79 Å². The van der Waals surface area contributed by atoms with Crippen molar-refractivity contribution in [3.05, 3.63) is 83.3 Å². The summed E-state index contributed by atoms with van der Waals surface area (Å²) in [5, 5.41) is 21.8. The van der Waals surface area contributed by atoms with Crippen LogP contribution in [0.1, 0.15) is 0 Å². The van der Waals surface area contributed by atoms with E-state index in [9.17, 15) is 45.8 Å². The van der Waals surface area contributed by atoms with Gasteiger partial charge in [-0.25, -0.2) is 25.6 Å². The van der Waals surface area contributed by atoms with E-state index in [1.165, 1.54) is 0 Å². The summed E-state index contributed by atoms with van der Waals surface area (Å²) in [7, 11) is -8.41. The number of methoxy groups -OCH3 is 1. The van der Waals surface area contributed by atoms with E-state index in [1.807, 2.05) is 9.44 Å². The number of non-ortho nitro benzene ring substituents is 2. The number of halogens is 4. The summed E-state index contributed by atoms with van der Waals surface area (Å²) < 4.78 is 89.1. The number of nitro groups is 2. The number of hydrogen-bond acceptors (Lipinski definition) is 9. The lowest BCUT2D eigenvalue weighted by Crippen LogP contribution is -2.18. The molecule has 0 heterocycles. The molecular formula is C19H12Br2F2N4O9S2. The molecular weight excluding hydrogens is 690 g/mol. The molecule has 0 spiro atoms. The molecule has 0 atom stereocenters. The Morgan fingerprint density at radius 3 is 1.63 bits per heavy atom. The minimum atomic E-state index is -4.79. The highest BCUT2D eigenvalue weighted by molar-refractivity contribution is 9.11. The van der Waals surface area contributed by atoms with Gasteiger partial charge in [0.15, 0.2) is 11.6 Å². The summed E-state index contributed by atoms with van der Waals surface area (Å²) in [5.41, 5.74) is -2.73. The van der Waals surface area contributed by atoms with Crippen LogP contribution in [0.15, 0.2) is 61.2 Å². The molecule has 0 aliphatic heterocycles. The zero-order chi connectivity index (χ0) is 28.6. The van der Waals surface area contributed by atoms with Gasteiger partial charge < -0.3 is 4.74 Å². The third kappa shape index (κ3) is 6.00. The van der Waals surface area contributed by atoms with Gasteiger partial charge >= 0.3 is 0 Å². The zero-order valence-electron chi connectivity index (χ0n) is 18.4. The van der Waals surface area contributed by atoms with Gasteiger partial charge in [0.25, 0.3) is 31.4 Å². The third-order valence-corrected chi connectivity index (χ3v) is 8.65. The Bertz CT molecular complexity index is 1660. The Kier molecular flexibility index (Phi) is 8.24. The van der Waals surface area contributed by atoms with Crippen LogP contribution in [0.4, 0.5) is 31.5 Å². The quantitative estimate of drug-likeness (QED) is 0.231. The van der Waals surface area contributed by atoms with E-state index < -0.39 is 74.1 Å². The molecule has 19 heteroatoms. The Morgan fingerprint density at radius 1 is 0.789 bits per heavy atom. The Balaban J connectivity index is 2.06. The van der Waals surface area contributed by atoms with Crippen LogP contribution in [0.5, 0.6) is 5.75 Å². The molecule has 0 saturated carbocycles. The Morgan fingerprint density at radius 2 is 1.24 bits per heavy atom. The molecule has 0 amide bonds. The van der Waals surface area contributed by atoms with Gasteiger partial charge in [-0.3, -0.25) is 29.7 Å². The molecule has 13 nitrogen and oxygen atoms in total. The highest BCUT2D eigenvalue weighted by Crippen LogP contribution is 2.36. The standard InChI is InChI=1S/C19H12Br2F2N4O9S2/c1-36-16-3-2-11(37(32,33)24-18-12(20)4-9(26(28)29)6-14(18)22)8-17(16)38(34,35)25-19-13(21)5-10(27(30)31)7-15(19)23/h2-8,24-25H,1H3. The van der Waals surface area contributed by atoms with Crippen LogP contribution in [-0.4, -0.2) is 33.8 Å². The predicted molar refractivity (Wildman–Crippen MR) is 136 cm³/mol. The van der Waals surface area contributed by atoms with E-state index in [2.05, 4.69) is 31.9 Å². The monoisotopic (exact) mass is 700 g/mol. The van der Waals surface area contributed by atoms with Gasteiger partial charge in [0.05, 0.1) is 54.3 Å². The summed E-state index contributed by atoms with van der Waals surface area (Å²) in [6.07, 6.45) is 0. The van der Waals surface area contributed by atoms with Crippen LogP contribution < -0.4 is 14.2 Å². The second-order valence-corrected chi connectivity index (χ2v) is 12.1. The first-order chi connectivity index (χ1) is 17.6. The highest BCUT2D eigenvalue weighted by atomic mass is 79.9. The molecule has 0 aliphatic rings. The van der Waals surface area contributed by atoms with E-state index in [0.29, 0.717) is 18.2 Å². The molecule has 3 aromatic carbocycles. The smallest absolute Gasteiger partial charge is 0.273 e. The lowest BCUT2D eigenvalue weighted by molar-refractivity contribution is -0.385. The van der Waals surface area contributed by atoms with Crippen molar-refractivity contribution < 1.29 is 40.2 Å². The van der Waals surface area contributed by atoms with Gasteiger partial charge in [-0.15, -0.1) is 0 Å². The van der Waals surface area contributed by atoms with Gasteiger partial charge in [0.1, 0.15) is 10.6 Å². The fraction of sp³-hybridized carbons (Fsp3) is 0.0526. The largest absolute Gasteiger partial charge is 0.495 e. The van der Waals surface area contributed by atoms with Gasteiger partial charge in [-0.05, 0) is 50.1 Å². The summed E-state index contributed by atoms with van der Waals surface area (Å²) in [6.45, 7) is 0. The first-order valence-electron chi connectivity index (χ1n) is 9.58. The van der Waals surface area contributed by atoms with Crippen molar-refractivity contribution in [1.82, 2.24) is 0 Å². The fourth-order valence-corrected chi connectivity index (χ4v) is 6.72. The second-order valence-electron chi connectivity index (χ2n) is 7.11. The molecule has 3 aromatic rings. The van der Waals surface area contributed by atoms with E-state index in [0.717, 1.165) is 31.4 Å². The van der Waals surface area contributed by atoms with Crippen LogP contribution in [-0.2, 0) is 20.0 Å². The third-order valence-electron chi connectivity index (χ3n) is 4.68. The van der Waals surface area contributed by atoms with Crippen molar-refractivity contribution in [3.63, 3.8) is 0 Å². The molecule has 0 saturated heterocycles. The highest BCUT2D eigenvalue weighted by Gasteiger charge is 2.28. The zero-order valence-corrected chi connectivity index (χ0v) is 23.2. The SMILES string of the molecule is COc1ccc(S(=O)(=O)Nc2c(F)cc([N+](=O)[O-])cc2Br)cc1S(=O)(=O)Nc1c(F)cc([N+](=O)[O-])cc1Br. The number of rotatable bonds is 9. The van der Waals surface area contributed by atoms with Crippen molar-refractivity contribution in [2.75, 3.05) is 16.6 Å². The van der Waals surface area contributed by atoms with Crippen LogP contribution in [0.2, 0.25) is 0 Å². The fourth-order valence-electron chi connectivity index (χ4n) is 2.94. The molecule has 0 bridgehead atoms. The van der Waals surface area contributed by atoms with Crippen LogP contribution in [0.25, 0.3) is 0 Å². The number of sulfonamides is 2. The van der Waals surface area contributed by atoms with E-state index in [4.69, 9.17) is 4.74 Å². The molecule has 38 heavy (non-hydrogen) atoms. The van der Waals surface area contributed by atoms with E-state index in [1.54, 1.807) is 0 Å². The number of nitro benzene ring substituents is 2. The van der Waals surface area contributed by atoms with Crippen molar-refractivity contribution >= 4 is 74.7 Å². The molecule has 0 aromatic heterocycles. The predicted octanol–water partition coefficient (Wildman–Crippen LogP) is 4.92. The number of nitrogens with zero attached hydrogens (tertiary/aromatic N) is 2. The van der Waals surface area contributed by atoms with Crippen LogP contribution >= 0.6 is 31.9 Å². The van der Waals surface area contributed by atoms with Gasteiger partial charge in [0.2, 0.25) is 0 Å². The second kappa shape index (κ2) is 10.8. The summed E-state index contributed by atoms with van der Waals surface area (Å²) in [6, 6.07) is 5.18. The van der Waals surface area contributed by atoms with Crippen LogP contribution in [0.3, 0.4) is 0 Å². The average Bonchev–Trinajstić information content (AvgIpc) is 2.82. The molecule has 0 fully saturated rings. The summed E-state index contributed by atoms with van der Waals surface area (Å²) in [5.74, 6) is -2.97. The first-order valence-corrected chi connectivity index (χ1v) is 14.1. The molecule has 0 unspecified atom stereocenters. The number of hydrogen-bond donors (Lipinski definition) is 2. The summed E-state index contributed by atoms with van der Waals surface area (Å²) >= 11 is 5.69. The van der Waals surface area contributed by atoms with Crippen molar-refractivity contribution in [1.29, 1.82) is 0 Å². The van der Waals surface area contributed by atoms with Crippen LogP contribution in [0, 0.1) is 31.9 Å². The molecule has 2 N–H and O–H groups in total. The minimum absolute atomic E-state index is 0.311. The number of nitrogens with one attached hydrogen (secondary N) is 2. The maximum absolute atomic E-state index is 14.5. The molecule has 3 rings (SSSR count). The maximum Gasteiger partial charge on any atom is 0.273 e. The van der Waals surface area contributed by atoms with Gasteiger partial charge in [0, 0.05) is 12.1 Å². The van der Waals surface area contributed by atoms with Gasteiger partial charge in [-0.2, -0.15) is 0 Å². The van der Waals surface area contributed by atoms with E-state index >= 15 is 0 Å². The van der Waals surface area contributed by atoms with Crippen molar-refractivity contribution in [3.8, 4) is 5.75 Å². The topological polar surface area (TPSA) is 188 Å². The Labute approximate surface area is 229 Å². The molecule has 0 aliphatic carbocycles. The number of benzene rings is 3.